The Morgan fingerprint density at radius 3 is 2.75 bits per heavy atom. The number of rotatable bonds is 4. The van der Waals surface area contributed by atoms with Gasteiger partial charge in [0.25, 0.3) is 5.91 Å². The fourth-order valence-electron chi connectivity index (χ4n) is 2.95. The molecule has 0 spiro atoms. The number of allylic oxidation sites excluding steroid dienone is 1. The van der Waals surface area contributed by atoms with Crippen LogP contribution >= 0.6 is 0 Å². The Morgan fingerprint density at radius 2 is 2.07 bits per heavy atom. The predicted octanol–water partition coefficient (Wildman–Crippen LogP) is 5.41. The Morgan fingerprint density at radius 1 is 1.29 bits per heavy atom. The van der Waals surface area contributed by atoms with E-state index in [1.54, 1.807) is 25.1 Å². The van der Waals surface area contributed by atoms with Crippen LogP contribution in [0, 0.1) is 6.92 Å². The molecule has 2 N–H and O–H groups in total. The highest BCUT2D eigenvalue weighted by atomic mass is 19.4. The Labute approximate surface area is 161 Å². The molecule has 28 heavy (non-hydrogen) atoms. The molecule has 0 aromatic heterocycles. The summed E-state index contributed by atoms with van der Waals surface area (Å²) < 4.78 is 42.6. The standard InChI is InChI=1S/C21H21F3N2O2/c1-3-15-12-28-19-11-16(5-7-18(19)25-15)26-20(27)17-6-4-14(10-13(17)2)8-9-21(22,23)24/h4-11,15,25H,3,12H2,1-2H3,(H,26,27)/b9-8+/t15-/m0/s1. The summed E-state index contributed by atoms with van der Waals surface area (Å²) in [6.45, 7) is 4.32. The van der Waals surface area contributed by atoms with Gasteiger partial charge in [-0.2, -0.15) is 13.2 Å². The molecule has 3 rings (SSSR count). The third-order valence-corrected chi connectivity index (χ3v) is 4.49. The molecule has 7 heteroatoms. The van der Waals surface area contributed by atoms with Crippen LogP contribution in [-0.4, -0.2) is 24.7 Å². The lowest BCUT2D eigenvalue weighted by Gasteiger charge is -2.27. The topological polar surface area (TPSA) is 50.4 Å². The van der Waals surface area contributed by atoms with E-state index in [0.29, 0.717) is 34.7 Å². The summed E-state index contributed by atoms with van der Waals surface area (Å²) in [5.41, 5.74) is 2.83. The number of carbonyl (C=O) groups excluding carboxylic acids is 1. The average molecular weight is 390 g/mol. The summed E-state index contributed by atoms with van der Waals surface area (Å²) >= 11 is 0. The van der Waals surface area contributed by atoms with Crippen molar-refractivity contribution in [1.29, 1.82) is 0 Å². The molecule has 0 unspecified atom stereocenters. The van der Waals surface area contributed by atoms with E-state index in [4.69, 9.17) is 4.74 Å². The first-order chi connectivity index (χ1) is 13.2. The van der Waals surface area contributed by atoms with Gasteiger partial charge in [0, 0.05) is 23.4 Å². The number of aryl methyl sites for hydroxylation is 1. The zero-order valence-corrected chi connectivity index (χ0v) is 15.6. The number of nitrogens with one attached hydrogen (secondary N) is 2. The molecule has 1 heterocycles. The highest BCUT2D eigenvalue weighted by Crippen LogP contribution is 2.32. The van der Waals surface area contributed by atoms with Crippen molar-refractivity contribution >= 4 is 23.4 Å². The summed E-state index contributed by atoms with van der Waals surface area (Å²) in [4.78, 5) is 12.6. The van der Waals surface area contributed by atoms with Crippen molar-refractivity contribution in [1.82, 2.24) is 0 Å². The molecule has 0 saturated heterocycles. The predicted molar refractivity (Wildman–Crippen MR) is 104 cm³/mol. The van der Waals surface area contributed by atoms with E-state index in [-0.39, 0.29) is 18.0 Å². The van der Waals surface area contributed by atoms with Crippen molar-refractivity contribution in [3.05, 3.63) is 59.2 Å². The van der Waals surface area contributed by atoms with E-state index >= 15 is 0 Å². The first-order valence-electron chi connectivity index (χ1n) is 8.96. The number of alkyl halides is 3. The number of anilines is 2. The van der Waals surface area contributed by atoms with Crippen LogP contribution < -0.4 is 15.4 Å². The Balaban J connectivity index is 1.72. The quantitative estimate of drug-likeness (QED) is 0.734. The molecule has 0 fully saturated rings. The van der Waals surface area contributed by atoms with Crippen LogP contribution in [0.3, 0.4) is 0 Å². The molecule has 2 aromatic rings. The molecule has 0 bridgehead atoms. The maximum Gasteiger partial charge on any atom is 0.409 e. The zero-order valence-electron chi connectivity index (χ0n) is 15.6. The molecule has 1 atom stereocenters. The SMILES string of the molecule is CC[C@H]1COc2cc(NC(=O)c3ccc(/C=C/C(F)(F)F)cc3C)ccc2N1. The molecular formula is C21H21F3N2O2. The maximum atomic E-state index is 12.6. The van der Waals surface area contributed by atoms with Gasteiger partial charge in [-0.1, -0.05) is 25.1 Å². The van der Waals surface area contributed by atoms with Gasteiger partial charge < -0.3 is 15.4 Å². The van der Waals surface area contributed by atoms with E-state index in [0.717, 1.165) is 18.2 Å². The van der Waals surface area contributed by atoms with Gasteiger partial charge in [0.1, 0.15) is 12.4 Å². The molecule has 0 saturated carbocycles. The van der Waals surface area contributed by atoms with E-state index < -0.39 is 6.18 Å². The minimum Gasteiger partial charge on any atom is -0.489 e. The average Bonchev–Trinajstić information content (AvgIpc) is 2.65. The fourth-order valence-corrected chi connectivity index (χ4v) is 2.95. The summed E-state index contributed by atoms with van der Waals surface area (Å²) in [5, 5.41) is 6.18. The first kappa shape index (κ1) is 19.8. The molecule has 4 nitrogen and oxygen atoms in total. The molecule has 2 aromatic carbocycles. The van der Waals surface area contributed by atoms with Crippen molar-refractivity contribution in [2.45, 2.75) is 32.5 Å². The van der Waals surface area contributed by atoms with Crippen LogP contribution in [0.4, 0.5) is 24.5 Å². The number of ether oxygens (including phenoxy) is 1. The lowest BCUT2D eigenvalue weighted by molar-refractivity contribution is -0.0790. The van der Waals surface area contributed by atoms with E-state index in [1.807, 2.05) is 6.07 Å². The number of benzene rings is 2. The number of fused-ring (bicyclic) bond motifs is 1. The minimum atomic E-state index is -4.37. The molecule has 1 amide bonds. The number of halogens is 3. The number of amides is 1. The number of hydrogen-bond acceptors (Lipinski definition) is 3. The maximum absolute atomic E-state index is 12.6. The van der Waals surface area contributed by atoms with Gasteiger partial charge >= 0.3 is 6.18 Å². The minimum absolute atomic E-state index is 0.172. The van der Waals surface area contributed by atoms with Crippen molar-refractivity contribution in [3.8, 4) is 5.75 Å². The second-order valence-corrected chi connectivity index (χ2v) is 6.67. The van der Waals surface area contributed by atoms with Gasteiger partial charge in [-0.15, -0.1) is 0 Å². The summed E-state index contributed by atoms with van der Waals surface area (Å²) in [5.74, 6) is 0.339. The van der Waals surface area contributed by atoms with Crippen LogP contribution in [0.5, 0.6) is 5.75 Å². The Kier molecular flexibility index (Phi) is 5.63. The van der Waals surface area contributed by atoms with Crippen LogP contribution in [0.25, 0.3) is 6.08 Å². The number of carbonyl (C=O) groups is 1. The van der Waals surface area contributed by atoms with Crippen LogP contribution in [0.1, 0.15) is 34.8 Å². The van der Waals surface area contributed by atoms with Crippen LogP contribution in [0.2, 0.25) is 0 Å². The van der Waals surface area contributed by atoms with Gasteiger partial charge in [-0.25, -0.2) is 0 Å². The van der Waals surface area contributed by atoms with Gasteiger partial charge in [-0.05, 0) is 42.7 Å². The lowest BCUT2D eigenvalue weighted by atomic mass is 10.0. The van der Waals surface area contributed by atoms with Crippen LogP contribution in [0.15, 0.2) is 42.5 Å². The van der Waals surface area contributed by atoms with Gasteiger partial charge in [0.2, 0.25) is 0 Å². The van der Waals surface area contributed by atoms with E-state index in [9.17, 15) is 18.0 Å². The highest BCUT2D eigenvalue weighted by Gasteiger charge is 2.22. The Bertz CT molecular complexity index is 907. The van der Waals surface area contributed by atoms with Crippen molar-refractivity contribution in [2.24, 2.45) is 0 Å². The second-order valence-electron chi connectivity index (χ2n) is 6.67. The first-order valence-corrected chi connectivity index (χ1v) is 8.96. The van der Waals surface area contributed by atoms with Gasteiger partial charge in [0.05, 0.1) is 11.7 Å². The second kappa shape index (κ2) is 7.96. The third kappa shape index (κ3) is 4.85. The monoisotopic (exact) mass is 390 g/mol. The normalized spacial score (nSPS) is 16.2. The number of hydrogen-bond donors (Lipinski definition) is 2. The largest absolute Gasteiger partial charge is 0.489 e. The molecule has 1 aliphatic heterocycles. The summed E-state index contributed by atoms with van der Waals surface area (Å²) in [6.07, 6.45) is -2.27. The lowest BCUT2D eigenvalue weighted by Crippen LogP contribution is -2.30. The summed E-state index contributed by atoms with van der Waals surface area (Å²) in [6, 6.07) is 10.2. The fraction of sp³-hybridized carbons (Fsp3) is 0.286. The van der Waals surface area contributed by atoms with Crippen LogP contribution in [-0.2, 0) is 0 Å². The van der Waals surface area contributed by atoms with E-state index in [2.05, 4.69) is 17.6 Å². The van der Waals surface area contributed by atoms with Crippen molar-refractivity contribution < 1.29 is 22.7 Å². The van der Waals surface area contributed by atoms with E-state index in [1.165, 1.54) is 12.1 Å². The highest BCUT2D eigenvalue weighted by molar-refractivity contribution is 6.05. The van der Waals surface area contributed by atoms with Crippen molar-refractivity contribution in [2.75, 3.05) is 17.2 Å². The molecule has 1 aliphatic rings. The molecule has 148 valence electrons. The zero-order chi connectivity index (χ0) is 20.3. The molecular weight excluding hydrogens is 369 g/mol. The summed E-state index contributed by atoms with van der Waals surface area (Å²) in [7, 11) is 0. The van der Waals surface area contributed by atoms with Gasteiger partial charge in [-0.3, -0.25) is 4.79 Å². The molecule has 0 aliphatic carbocycles. The Hall–Kier alpha value is -2.96. The third-order valence-electron chi connectivity index (χ3n) is 4.49. The molecule has 0 radical (unpaired) electrons. The smallest absolute Gasteiger partial charge is 0.409 e. The van der Waals surface area contributed by atoms with Crippen molar-refractivity contribution in [3.63, 3.8) is 0 Å². The van der Waals surface area contributed by atoms with Gasteiger partial charge in [0.15, 0.2) is 0 Å².